The molecule has 0 fully saturated rings. The van der Waals surface area contributed by atoms with Crippen molar-refractivity contribution in [2.75, 3.05) is 19.6 Å². The van der Waals surface area contributed by atoms with Gasteiger partial charge in [-0.3, -0.25) is 9.79 Å². The van der Waals surface area contributed by atoms with Crippen LogP contribution < -0.4 is 10.6 Å². The number of hydrogen-bond acceptors (Lipinski definition) is 3. The van der Waals surface area contributed by atoms with E-state index in [2.05, 4.69) is 15.6 Å². The lowest BCUT2D eigenvalue weighted by atomic mass is 10.1. The molecule has 7 heteroatoms. The van der Waals surface area contributed by atoms with Gasteiger partial charge in [-0.2, -0.15) is 0 Å². The molecular weight excluding hydrogens is 436 g/mol. The molecule has 0 radical (unpaired) electrons. The number of guanidine groups is 1. The highest BCUT2D eigenvalue weighted by Gasteiger charge is 2.05. The van der Waals surface area contributed by atoms with Crippen molar-refractivity contribution in [3.63, 3.8) is 0 Å². The lowest BCUT2D eigenvalue weighted by Gasteiger charge is -2.12. The van der Waals surface area contributed by atoms with Crippen molar-refractivity contribution in [3.05, 3.63) is 35.1 Å². The third-order valence-corrected chi connectivity index (χ3v) is 3.29. The summed E-state index contributed by atoms with van der Waals surface area (Å²) in [7, 11) is 0. The van der Waals surface area contributed by atoms with Crippen molar-refractivity contribution in [1.29, 1.82) is 0 Å². The average molecular weight is 465 g/mol. The van der Waals surface area contributed by atoms with Gasteiger partial charge in [0.25, 0.3) is 0 Å². The first-order chi connectivity index (χ1) is 11.4. The maximum atomic E-state index is 13.1. The van der Waals surface area contributed by atoms with Gasteiger partial charge in [0.05, 0.1) is 19.1 Å². The Morgan fingerprint density at radius 2 is 2.04 bits per heavy atom. The van der Waals surface area contributed by atoms with Gasteiger partial charge in [-0.05, 0) is 57.4 Å². The smallest absolute Gasteiger partial charge is 0.307 e. The van der Waals surface area contributed by atoms with Crippen molar-refractivity contribution >= 4 is 35.9 Å². The van der Waals surface area contributed by atoms with Gasteiger partial charge in [-0.15, -0.1) is 24.0 Å². The Bertz CT molecular complexity index is 565. The van der Waals surface area contributed by atoms with E-state index in [1.165, 1.54) is 12.1 Å². The third-order valence-electron chi connectivity index (χ3n) is 3.29. The summed E-state index contributed by atoms with van der Waals surface area (Å²) in [5.74, 6) is 0.202. The molecule has 0 aliphatic carbocycles. The van der Waals surface area contributed by atoms with E-state index in [9.17, 15) is 9.18 Å². The molecule has 0 bridgehead atoms. The summed E-state index contributed by atoms with van der Waals surface area (Å²) in [4.78, 5) is 15.9. The van der Waals surface area contributed by atoms with Crippen LogP contribution in [0, 0.1) is 12.7 Å². The van der Waals surface area contributed by atoms with Crippen LogP contribution in [0.4, 0.5) is 4.39 Å². The van der Waals surface area contributed by atoms with E-state index in [1.807, 2.05) is 27.7 Å². The zero-order valence-electron chi connectivity index (χ0n) is 15.4. The minimum atomic E-state index is -0.244. The number of nitrogens with one attached hydrogen (secondary N) is 2. The molecule has 0 saturated heterocycles. The Kier molecular flexibility index (Phi) is 12.2. The fraction of sp³-hybridized carbons (Fsp3) is 0.556. The lowest BCUT2D eigenvalue weighted by Crippen LogP contribution is -2.38. The molecular formula is C18H29FIN3O2. The number of aliphatic imine (C=N–C) groups is 1. The monoisotopic (exact) mass is 465 g/mol. The number of halogens is 2. The number of carbonyl (C=O) groups excluding carboxylic acids is 1. The molecule has 0 saturated carbocycles. The van der Waals surface area contributed by atoms with Gasteiger partial charge >= 0.3 is 5.97 Å². The zero-order chi connectivity index (χ0) is 17.9. The molecule has 1 aromatic carbocycles. The van der Waals surface area contributed by atoms with Gasteiger partial charge < -0.3 is 15.4 Å². The first kappa shape index (κ1) is 23.6. The van der Waals surface area contributed by atoms with Gasteiger partial charge in [-0.25, -0.2) is 4.39 Å². The molecule has 25 heavy (non-hydrogen) atoms. The lowest BCUT2D eigenvalue weighted by molar-refractivity contribution is -0.147. The number of carbonyl (C=O) groups is 1. The summed E-state index contributed by atoms with van der Waals surface area (Å²) in [6.07, 6.45) is 0.921. The van der Waals surface area contributed by atoms with Gasteiger partial charge in [0.1, 0.15) is 5.82 Å². The van der Waals surface area contributed by atoms with Gasteiger partial charge in [0.15, 0.2) is 5.96 Å². The molecule has 0 aromatic heterocycles. The fourth-order valence-electron chi connectivity index (χ4n) is 2.18. The molecule has 0 unspecified atom stereocenters. The van der Waals surface area contributed by atoms with E-state index in [0.29, 0.717) is 19.0 Å². The maximum absolute atomic E-state index is 13.1. The second-order valence-electron chi connectivity index (χ2n) is 5.80. The van der Waals surface area contributed by atoms with Crippen molar-refractivity contribution in [1.82, 2.24) is 10.6 Å². The molecule has 0 aliphatic heterocycles. The number of esters is 1. The Morgan fingerprint density at radius 1 is 1.32 bits per heavy atom. The summed E-state index contributed by atoms with van der Waals surface area (Å²) >= 11 is 0. The highest BCUT2D eigenvalue weighted by molar-refractivity contribution is 14.0. The first-order valence-corrected chi connectivity index (χ1v) is 8.39. The van der Waals surface area contributed by atoms with Gasteiger partial charge in [0, 0.05) is 13.1 Å². The fourth-order valence-corrected chi connectivity index (χ4v) is 2.18. The average Bonchev–Trinajstić information content (AvgIpc) is 2.48. The standard InChI is InChI=1S/C18H28FN3O2.HI/c1-5-20-18(22-11-9-17(23)24-13(2)3)21-10-8-15-6-7-16(19)12-14(15)4;/h6-7,12-13H,5,8-11H2,1-4H3,(H2,20,21,22);1H. The van der Waals surface area contributed by atoms with Crippen LogP contribution in [0.25, 0.3) is 0 Å². The largest absolute Gasteiger partial charge is 0.463 e. The highest BCUT2D eigenvalue weighted by atomic mass is 127. The topological polar surface area (TPSA) is 62.7 Å². The Morgan fingerprint density at radius 3 is 2.64 bits per heavy atom. The van der Waals surface area contributed by atoms with Crippen LogP contribution in [0.3, 0.4) is 0 Å². The molecule has 1 rings (SSSR count). The molecule has 142 valence electrons. The summed E-state index contributed by atoms with van der Waals surface area (Å²) in [5.41, 5.74) is 2.04. The SMILES string of the molecule is CCNC(=NCCC(=O)OC(C)C)NCCc1ccc(F)cc1C.I. The normalized spacial score (nSPS) is 11.0. The summed E-state index contributed by atoms with van der Waals surface area (Å²) in [5, 5.41) is 6.35. The molecule has 0 aliphatic rings. The van der Waals surface area contributed by atoms with Crippen LogP contribution in [0.15, 0.2) is 23.2 Å². The van der Waals surface area contributed by atoms with Crippen LogP contribution in [-0.4, -0.2) is 37.7 Å². The molecule has 5 nitrogen and oxygen atoms in total. The van der Waals surface area contributed by atoms with Crippen LogP contribution in [-0.2, 0) is 16.0 Å². The molecule has 1 aromatic rings. The van der Waals surface area contributed by atoms with Gasteiger partial charge in [-0.1, -0.05) is 6.07 Å². The summed E-state index contributed by atoms with van der Waals surface area (Å²) < 4.78 is 18.2. The maximum Gasteiger partial charge on any atom is 0.307 e. The molecule has 0 amide bonds. The number of nitrogens with zero attached hydrogens (tertiary/aromatic N) is 1. The minimum absolute atomic E-state index is 0. The summed E-state index contributed by atoms with van der Waals surface area (Å²) in [6.45, 7) is 9.31. The molecule has 0 spiro atoms. The van der Waals surface area contributed by atoms with Crippen LogP contribution in [0.1, 0.15) is 38.3 Å². The summed E-state index contributed by atoms with van der Waals surface area (Å²) in [6, 6.07) is 4.81. The quantitative estimate of drug-likeness (QED) is 0.268. The number of rotatable bonds is 8. The van der Waals surface area contributed by atoms with E-state index in [-0.39, 0.29) is 48.3 Å². The van der Waals surface area contributed by atoms with Crippen molar-refractivity contribution in [3.8, 4) is 0 Å². The molecule has 2 N–H and O–H groups in total. The Hall–Kier alpha value is -1.38. The minimum Gasteiger partial charge on any atom is -0.463 e. The predicted molar refractivity (Wildman–Crippen MR) is 110 cm³/mol. The van der Waals surface area contributed by atoms with E-state index >= 15 is 0 Å². The molecule has 0 heterocycles. The van der Waals surface area contributed by atoms with Crippen LogP contribution in [0.5, 0.6) is 0 Å². The van der Waals surface area contributed by atoms with Crippen molar-refractivity contribution in [2.24, 2.45) is 4.99 Å². The van der Waals surface area contributed by atoms with Crippen LogP contribution in [0.2, 0.25) is 0 Å². The first-order valence-electron chi connectivity index (χ1n) is 8.39. The Labute approximate surface area is 166 Å². The number of hydrogen-bond donors (Lipinski definition) is 2. The zero-order valence-corrected chi connectivity index (χ0v) is 17.7. The van der Waals surface area contributed by atoms with Crippen molar-refractivity contribution < 1.29 is 13.9 Å². The van der Waals surface area contributed by atoms with E-state index in [0.717, 1.165) is 24.1 Å². The second-order valence-corrected chi connectivity index (χ2v) is 5.80. The van der Waals surface area contributed by atoms with E-state index < -0.39 is 0 Å². The number of ether oxygens (including phenoxy) is 1. The van der Waals surface area contributed by atoms with Crippen LogP contribution >= 0.6 is 24.0 Å². The second kappa shape index (κ2) is 12.9. The van der Waals surface area contributed by atoms with Gasteiger partial charge in [0.2, 0.25) is 0 Å². The third kappa shape index (κ3) is 10.3. The van der Waals surface area contributed by atoms with E-state index in [4.69, 9.17) is 4.74 Å². The number of aryl methyl sites for hydroxylation is 1. The Balaban J connectivity index is 0.00000576. The predicted octanol–water partition coefficient (Wildman–Crippen LogP) is 3.19. The van der Waals surface area contributed by atoms with E-state index in [1.54, 1.807) is 6.07 Å². The highest BCUT2D eigenvalue weighted by Crippen LogP contribution is 2.10. The number of benzene rings is 1. The van der Waals surface area contributed by atoms with Crippen molar-refractivity contribution in [2.45, 2.75) is 46.6 Å². The molecule has 0 atom stereocenters.